The molecule has 0 aromatic heterocycles. The van der Waals surface area contributed by atoms with Gasteiger partial charge in [0.05, 0.1) is 12.0 Å². The van der Waals surface area contributed by atoms with Crippen LogP contribution in [0.1, 0.15) is 20.8 Å². The van der Waals surface area contributed by atoms with Crippen molar-refractivity contribution < 1.29 is 14.3 Å². The summed E-state index contributed by atoms with van der Waals surface area (Å²) >= 11 is 0. The largest absolute Gasteiger partial charge is 0.444 e. The van der Waals surface area contributed by atoms with Crippen molar-refractivity contribution >= 4 is 12.0 Å². The number of carbonyl (C=O) groups excluding carboxylic acids is 2. The number of hydrogen-bond donors (Lipinski definition) is 2. The zero-order valence-electron chi connectivity index (χ0n) is 10.4. The Hall–Kier alpha value is -1.30. The third-order valence-corrected chi connectivity index (χ3v) is 3.20. The van der Waals surface area contributed by atoms with E-state index < -0.39 is 5.60 Å². The molecule has 2 aliphatic heterocycles. The number of rotatable bonds is 1. The zero-order valence-corrected chi connectivity index (χ0v) is 10.4. The van der Waals surface area contributed by atoms with Crippen molar-refractivity contribution in [1.29, 1.82) is 0 Å². The van der Waals surface area contributed by atoms with Crippen LogP contribution in [0.3, 0.4) is 0 Å². The van der Waals surface area contributed by atoms with Crippen molar-refractivity contribution in [3.63, 3.8) is 0 Å². The van der Waals surface area contributed by atoms with E-state index in [-0.39, 0.29) is 30.0 Å². The molecular weight excluding hydrogens is 222 g/mol. The number of nitrogens with two attached hydrogens (primary N) is 1. The number of ether oxygens (including phenoxy) is 1. The Morgan fingerprint density at radius 2 is 2.06 bits per heavy atom. The Balaban J connectivity index is 2.03. The van der Waals surface area contributed by atoms with Gasteiger partial charge in [0.15, 0.2) is 0 Å². The minimum absolute atomic E-state index is 0.0000170. The molecule has 2 heterocycles. The predicted molar refractivity (Wildman–Crippen MR) is 61.2 cm³/mol. The van der Waals surface area contributed by atoms with Gasteiger partial charge in [0.1, 0.15) is 5.60 Å². The lowest BCUT2D eigenvalue weighted by Crippen LogP contribution is -2.62. The van der Waals surface area contributed by atoms with E-state index in [1.807, 2.05) is 20.8 Å². The van der Waals surface area contributed by atoms with E-state index in [1.54, 1.807) is 4.90 Å². The first-order chi connectivity index (χ1) is 7.79. The van der Waals surface area contributed by atoms with E-state index in [0.29, 0.717) is 13.1 Å². The van der Waals surface area contributed by atoms with Crippen LogP contribution >= 0.6 is 0 Å². The average molecular weight is 241 g/mol. The van der Waals surface area contributed by atoms with E-state index in [4.69, 9.17) is 10.5 Å². The molecule has 17 heavy (non-hydrogen) atoms. The lowest BCUT2D eigenvalue weighted by molar-refractivity contribution is -0.122. The van der Waals surface area contributed by atoms with Crippen molar-refractivity contribution in [1.82, 2.24) is 10.2 Å². The lowest BCUT2D eigenvalue weighted by Gasteiger charge is -2.38. The molecule has 0 bridgehead atoms. The number of primary amides is 1. The number of fused-ring (bicyclic) bond motifs is 1. The van der Waals surface area contributed by atoms with Gasteiger partial charge < -0.3 is 20.7 Å². The molecule has 6 nitrogen and oxygen atoms in total. The van der Waals surface area contributed by atoms with Gasteiger partial charge in [-0.25, -0.2) is 4.79 Å². The molecule has 0 unspecified atom stereocenters. The topological polar surface area (TPSA) is 84.7 Å². The molecule has 0 aromatic rings. The number of nitrogens with one attached hydrogen (secondary N) is 1. The van der Waals surface area contributed by atoms with Gasteiger partial charge in [-0.3, -0.25) is 4.79 Å². The Morgan fingerprint density at radius 3 is 2.41 bits per heavy atom. The summed E-state index contributed by atoms with van der Waals surface area (Å²) in [4.78, 5) is 24.8. The first-order valence-electron chi connectivity index (χ1n) is 5.82. The first-order valence-corrected chi connectivity index (χ1v) is 5.82. The smallest absolute Gasteiger partial charge is 0.410 e. The van der Waals surface area contributed by atoms with Crippen LogP contribution in [0.2, 0.25) is 0 Å². The normalized spacial score (nSPS) is 31.7. The van der Waals surface area contributed by atoms with Gasteiger partial charge in [-0.15, -0.1) is 0 Å². The van der Waals surface area contributed by atoms with Crippen LogP contribution in [0.5, 0.6) is 0 Å². The molecule has 2 rings (SSSR count). The van der Waals surface area contributed by atoms with Crippen LogP contribution in [0.4, 0.5) is 4.79 Å². The highest BCUT2D eigenvalue weighted by Gasteiger charge is 2.52. The van der Waals surface area contributed by atoms with Crippen molar-refractivity contribution in [2.24, 2.45) is 11.7 Å². The maximum absolute atomic E-state index is 11.9. The number of hydrogen-bond acceptors (Lipinski definition) is 4. The number of likely N-dealkylation sites (tertiary alicyclic amines) is 1. The number of nitrogens with zero attached hydrogens (tertiary/aromatic N) is 1. The fourth-order valence-corrected chi connectivity index (χ4v) is 2.33. The molecule has 0 aliphatic carbocycles. The van der Waals surface area contributed by atoms with Crippen LogP contribution in [0.25, 0.3) is 0 Å². The Morgan fingerprint density at radius 1 is 1.41 bits per heavy atom. The van der Waals surface area contributed by atoms with Gasteiger partial charge >= 0.3 is 6.09 Å². The molecule has 0 aromatic carbocycles. The molecule has 0 radical (unpaired) electrons. The van der Waals surface area contributed by atoms with E-state index in [1.165, 1.54) is 0 Å². The molecule has 3 N–H and O–H groups in total. The number of amides is 2. The Labute approximate surface area is 100 Å². The third-order valence-electron chi connectivity index (χ3n) is 3.20. The zero-order chi connectivity index (χ0) is 12.8. The SMILES string of the molecule is CC(C)(C)OC(=O)N1C[C@@H](C(N)=O)[C@@H]2NC[C@@H]21. The molecule has 96 valence electrons. The van der Waals surface area contributed by atoms with Crippen molar-refractivity contribution in [2.75, 3.05) is 13.1 Å². The van der Waals surface area contributed by atoms with Crippen molar-refractivity contribution in [3.05, 3.63) is 0 Å². The van der Waals surface area contributed by atoms with E-state index in [2.05, 4.69) is 5.32 Å². The van der Waals surface area contributed by atoms with Crippen LogP contribution < -0.4 is 11.1 Å². The molecular formula is C11H19N3O3. The van der Waals surface area contributed by atoms with Gasteiger partial charge in [-0.05, 0) is 20.8 Å². The monoisotopic (exact) mass is 241 g/mol. The fourth-order valence-electron chi connectivity index (χ4n) is 2.33. The highest BCUT2D eigenvalue weighted by Crippen LogP contribution is 2.30. The predicted octanol–water partition coefficient (Wildman–Crippen LogP) is -0.321. The van der Waals surface area contributed by atoms with E-state index in [9.17, 15) is 9.59 Å². The minimum Gasteiger partial charge on any atom is -0.444 e. The first kappa shape index (κ1) is 12.2. The van der Waals surface area contributed by atoms with E-state index >= 15 is 0 Å². The van der Waals surface area contributed by atoms with Crippen LogP contribution in [-0.4, -0.2) is 47.7 Å². The summed E-state index contributed by atoms with van der Waals surface area (Å²) in [5, 5.41) is 3.14. The quantitative estimate of drug-likeness (QED) is 0.659. The van der Waals surface area contributed by atoms with Gasteiger partial charge in [0.25, 0.3) is 0 Å². The molecule has 2 amide bonds. The summed E-state index contributed by atoms with van der Waals surface area (Å²) in [5.41, 5.74) is 4.80. The maximum atomic E-state index is 11.9. The van der Waals surface area contributed by atoms with Crippen molar-refractivity contribution in [3.8, 4) is 0 Å². The van der Waals surface area contributed by atoms with Crippen LogP contribution in [0, 0.1) is 5.92 Å². The fraction of sp³-hybridized carbons (Fsp3) is 0.818. The highest BCUT2D eigenvalue weighted by molar-refractivity contribution is 5.80. The Bertz CT molecular complexity index is 350. The molecule has 0 saturated carbocycles. The number of carbonyl (C=O) groups is 2. The second-order valence-electron chi connectivity index (χ2n) is 5.64. The van der Waals surface area contributed by atoms with Crippen LogP contribution in [0.15, 0.2) is 0 Å². The van der Waals surface area contributed by atoms with Gasteiger partial charge in [-0.1, -0.05) is 0 Å². The molecule has 0 spiro atoms. The summed E-state index contributed by atoms with van der Waals surface area (Å²) in [6, 6.07) is 0.0439. The van der Waals surface area contributed by atoms with Gasteiger partial charge in [0, 0.05) is 19.1 Å². The third kappa shape index (κ3) is 2.22. The maximum Gasteiger partial charge on any atom is 0.410 e. The molecule has 2 fully saturated rings. The highest BCUT2D eigenvalue weighted by atomic mass is 16.6. The standard InChI is InChI=1S/C11H19N3O3/c1-11(2,3)17-10(16)14-5-6(9(12)15)8-7(14)4-13-8/h6-8,13H,4-5H2,1-3H3,(H2,12,15)/t6-,7+,8+/m1/s1. The molecule has 3 atom stereocenters. The van der Waals surface area contributed by atoms with Gasteiger partial charge in [-0.2, -0.15) is 0 Å². The summed E-state index contributed by atoms with van der Waals surface area (Å²) in [6.45, 7) is 6.52. The summed E-state index contributed by atoms with van der Waals surface area (Å²) < 4.78 is 5.31. The summed E-state index contributed by atoms with van der Waals surface area (Å²) in [5.74, 6) is -0.667. The molecule has 2 saturated heterocycles. The van der Waals surface area contributed by atoms with E-state index in [0.717, 1.165) is 0 Å². The van der Waals surface area contributed by atoms with Crippen molar-refractivity contribution in [2.45, 2.75) is 38.5 Å². The Kier molecular flexibility index (Phi) is 2.77. The van der Waals surface area contributed by atoms with Gasteiger partial charge in [0.2, 0.25) is 5.91 Å². The van der Waals surface area contributed by atoms with Crippen LogP contribution in [-0.2, 0) is 9.53 Å². The molecule has 6 heteroatoms. The minimum atomic E-state index is -0.519. The summed E-state index contributed by atoms with van der Waals surface area (Å²) in [7, 11) is 0. The second-order valence-corrected chi connectivity index (χ2v) is 5.64. The average Bonchev–Trinajstić information content (AvgIpc) is 2.34. The second kappa shape index (κ2) is 3.87. The summed E-state index contributed by atoms with van der Waals surface area (Å²) in [6.07, 6.45) is -0.363. The molecule has 2 aliphatic rings. The lowest BCUT2D eigenvalue weighted by atomic mass is 9.92.